The van der Waals surface area contributed by atoms with Crippen LogP contribution in [0.5, 0.6) is 0 Å². The molecule has 0 atom stereocenters. The van der Waals surface area contributed by atoms with Crippen molar-refractivity contribution in [3.8, 4) is 0 Å². The second kappa shape index (κ2) is 7.31. The van der Waals surface area contributed by atoms with E-state index in [0.29, 0.717) is 17.6 Å². The zero-order chi connectivity index (χ0) is 13.7. The Kier molecular flexibility index (Phi) is 5.73. The van der Waals surface area contributed by atoms with Gasteiger partial charge in [-0.05, 0) is 59.8 Å². The van der Waals surface area contributed by atoms with E-state index in [-0.39, 0.29) is 12.1 Å². The lowest BCUT2D eigenvalue weighted by Crippen LogP contribution is -2.18. The van der Waals surface area contributed by atoms with Crippen LogP contribution in [0.2, 0.25) is 0 Å². The van der Waals surface area contributed by atoms with Crippen molar-refractivity contribution in [2.24, 2.45) is 5.92 Å². The molecule has 0 bridgehead atoms. The van der Waals surface area contributed by atoms with Crippen LogP contribution in [-0.4, -0.2) is 19.8 Å². The zero-order valence-electron chi connectivity index (χ0n) is 10.7. The molecule has 2 rings (SSSR count). The van der Waals surface area contributed by atoms with Gasteiger partial charge in [0, 0.05) is 25.3 Å². The van der Waals surface area contributed by atoms with Gasteiger partial charge < -0.3 is 10.1 Å². The lowest BCUT2D eigenvalue weighted by molar-refractivity contribution is 0.122. The molecule has 1 N–H and O–H groups in total. The summed E-state index contributed by atoms with van der Waals surface area (Å²) in [5.74, 6) is -0.270. The van der Waals surface area contributed by atoms with Gasteiger partial charge in [-0.1, -0.05) is 0 Å². The fraction of sp³-hybridized carbons (Fsp3) is 0.571. The van der Waals surface area contributed by atoms with Crippen LogP contribution in [0.15, 0.2) is 16.6 Å². The summed E-state index contributed by atoms with van der Waals surface area (Å²) in [6.45, 7) is 2.44. The van der Waals surface area contributed by atoms with Crippen molar-refractivity contribution in [3.63, 3.8) is 0 Å². The predicted octanol–water partition coefficient (Wildman–Crippen LogP) is 3.63. The summed E-state index contributed by atoms with van der Waals surface area (Å²) >= 11 is 3.05. The summed E-state index contributed by atoms with van der Waals surface area (Å²) in [5.41, 5.74) is 0.0771. The molecule has 1 fully saturated rings. The molecule has 1 aromatic rings. The first-order valence-electron chi connectivity index (χ1n) is 6.59. The molecule has 1 aromatic carbocycles. The summed E-state index contributed by atoms with van der Waals surface area (Å²) in [7, 11) is 0. The van der Waals surface area contributed by atoms with Crippen LogP contribution in [0.25, 0.3) is 0 Å². The maximum Gasteiger partial charge on any atom is 0.144 e. The Bertz CT molecular complexity index is 424. The minimum Gasteiger partial charge on any atom is -0.381 e. The van der Waals surface area contributed by atoms with E-state index in [9.17, 15) is 8.78 Å². The second-order valence-electron chi connectivity index (χ2n) is 4.87. The number of nitrogens with one attached hydrogen (secondary N) is 1. The molecule has 0 radical (unpaired) electrons. The van der Waals surface area contributed by atoms with E-state index in [0.717, 1.165) is 18.9 Å². The van der Waals surface area contributed by atoms with Crippen LogP contribution < -0.4 is 5.32 Å². The highest BCUT2D eigenvalue weighted by atomic mass is 79.9. The maximum atomic E-state index is 13.6. The third-order valence-electron chi connectivity index (χ3n) is 3.13. The van der Waals surface area contributed by atoms with Gasteiger partial charge in [-0.3, -0.25) is 0 Å². The van der Waals surface area contributed by atoms with Crippen molar-refractivity contribution >= 4 is 15.9 Å². The summed E-state index contributed by atoms with van der Waals surface area (Å²) in [6, 6.07) is 2.64. The van der Waals surface area contributed by atoms with Crippen molar-refractivity contribution < 1.29 is 13.5 Å². The van der Waals surface area contributed by atoms with E-state index in [4.69, 9.17) is 4.74 Å². The molecule has 0 aromatic heterocycles. The molecule has 1 saturated carbocycles. The minimum absolute atomic E-state index is 0.0771. The zero-order valence-corrected chi connectivity index (χ0v) is 12.3. The topological polar surface area (TPSA) is 21.3 Å². The third kappa shape index (κ3) is 4.82. The molecule has 0 spiro atoms. The first kappa shape index (κ1) is 14.9. The molecule has 0 amide bonds. The fourth-order valence-electron chi connectivity index (χ4n) is 1.78. The largest absolute Gasteiger partial charge is 0.381 e. The van der Waals surface area contributed by atoms with Crippen molar-refractivity contribution in [2.45, 2.75) is 25.8 Å². The predicted molar refractivity (Wildman–Crippen MR) is 73.9 cm³/mol. The Morgan fingerprint density at radius 1 is 1.32 bits per heavy atom. The van der Waals surface area contributed by atoms with Gasteiger partial charge in [0.2, 0.25) is 0 Å². The van der Waals surface area contributed by atoms with Crippen molar-refractivity contribution in [1.82, 2.24) is 5.32 Å². The number of halogens is 3. The van der Waals surface area contributed by atoms with E-state index in [1.165, 1.54) is 25.0 Å². The van der Waals surface area contributed by atoms with E-state index >= 15 is 0 Å². The lowest BCUT2D eigenvalue weighted by atomic mass is 10.2. The SMILES string of the molecule is Fc1ccc(Br)c(F)c1CNCCCOCC1CC1. The summed E-state index contributed by atoms with van der Waals surface area (Å²) in [5, 5.41) is 3.03. The van der Waals surface area contributed by atoms with Gasteiger partial charge in [0.1, 0.15) is 11.6 Å². The maximum absolute atomic E-state index is 13.6. The van der Waals surface area contributed by atoms with Gasteiger partial charge in [0.25, 0.3) is 0 Å². The van der Waals surface area contributed by atoms with Gasteiger partial charge in [0.15, 0.2) is 0 Å². The van der Waals surface area contributed by atoms with Crippen LogP contribution in [-0.2, 0) is 11.3 Å². The van der Waals surface area contributed by atoms with Crippen LogP contribution in [0, 0.1) is 17.6 Å². The molecule has 0 heterocycles. The van der Waals surface area contributed by atoms with E-state index in [1.54, 1.807) is 0 Å². The first-order valence-corrected chi connectivity index (χ1v) is 7.38. The molecule has 5 heteroatoms. The van der Waals surface area contributed by atoms with Crippen molar-refractivity contribution in [1.29, 1.82) is 0 Å². The van der Waals surface area contributed by atoms with E-state index in [1.807, 2.05) is 0 Å². The average Bonchev–Trinajstić information content (AvgIpc) is 3.20. The highest BCUT2D eigenvalue weighted by Gasteiger charge is 2.20. The molecule has 1 aliphatic rings. The molecular formula is C14H18BrF2NO. The fourth-order valence-corrected chi connectivity index (χ4v) is 2.15. The minimum atomic E-state index is -0.530. The summed E-state index contributed by atoms with van der Waals surface area (Å²) in [4.78, 5) is 0. The van der Waals surface area contributed by atoms with E-state index < -0.39 is 11.6 Å². The molecule has 0 unspecified atom stereocenters. The first-order chi connectivity index (χ1) is 9.18. The number of benzene rings is 1. The van der Waals surface area contributed by atoms with Gasteiger partial charge >= 0.3 is 0 Å². The summed E-state index contributed by atoms with van der Waals surface area (Å²) in [6.07, 6.45) is 3.43. The molecule has 19 heavy (non-hydrogen) atoms. The Morgan fingerprint density at radius 2 is 2.11 bits per heavy atom. The molecule has 0 saturated heterocycles. The summed E-state index contributed by atoms with van der Waals surface area (Å²) < 4.78 is 32.8. The third-order valence-corrected chi connectivity index (χ3v) is 3.75. The van der Waals surface area contributed by atoms with Crippen LogP contribution >= 0.6 is 15.9 Å². The Balaban J connectivity index is 1.63. The Morgan fingerprint density at radius 3 is 2.84 bits per heavy atom. The normalized spacial score (nSPS) is 14.9. The monoisotopic (exact) mass is 333 g/mol. The average molecular weight is 334 g/mol. The molecule has 2 nitrogen and oxygen atoms in total. The smallest absolute Gasteiger partial charge is 0.144 e. The highest BCUT2D eigenvalue weighted by molar-refractivity contribution is 9.10. The highest BCUT2D eigenvalue weighted by Crippen LogP contribution is 2.28. The number of rotatable bonds is 8. The number of hydrogen-bond acceptors (Lipinski definition) is 2. The Labute approximate surface area is 120 Å². The van der Waals surface area contributed by atoms with Crippen molar-refractivity contribution in [3.05, 3.63) is 33.8 Å². The number of hydrogen-bond donors (Lipinski definition) is 1. The second-order valence-corrected chi connectivity index (χ2v) is 5.72. The Hall–Kier alpha value is -0.520. The molecular weight excluding hydrogens is 316 g/mol. The quantitative estimate of drug-likeness (QED) is 0.579. The van der Waals surface area contributed by atoms with Gasteiger partial charge in [-0.15, -0.1) is 0 Å². The van der Waals surface area contributed by atoms with Crippen LogP contribution in [0.1, 0.15) is 24.8 Å². The van der Waals surface area contributed by atoms with Gasteiger partial charge in [-0.2, -0.15) is 0 Å². The number of ether oxygens (including phenoxy) is 1. The molecule has 0 aliphatic heterocycles. The van der Waals surface area contributed by atoms with Gasteiger partial charge in [-0.25, -0.2) is 8.78 Å². The van der Waals surface area contributed by atoms with Crippen LogP contribution in [0.3, 0.4) is 0 Å². The van der Waals surface area contributed by atoms with Crippen LogP contribution in [0.4, 0.5) is 8.78 Å². The van der Waals surface area contributed by atoms with Crippen molar-refractivity contribution in [2.75, 3.05) is 19.8 Å². The van der Waals surface area contributed by atoms with Gasteiger partial charge in [0.05, 0.1) is 4.47 Å². The standard InChI is InChI=1S/C14H18BrF2NO/c15-12-4-5-13(16)11(14(12)17)8-18-6-1-7-19-9-10-2-3-10/h4-5,10,18H,1-3,6-9H2. The van der Waals surface area contributed by atoms with E-state index in [2.05, 4.69) is 21.2 Å². The lowest BCUT2D eigenvalue weighted by Gasteiger charge is -2.08. The molecule has 1 aliphatic carbocycles. The molecule has 106 valence electrons.